The molecule has 1 amide bonds. The van der Waals surface area contributed by atoms with Crippen LogP contribution in [0.5, 0.6) is 0 Å². The van der Waals surface area contributed by atoms with E-state index in [1.807, 2.05) is 0 Å². The third-order valence-electron chi connectivity index (χ3n) is 6.78. The van der Waals surface area contributed by atoms with Crippen LogP contribution < -0.4 is 5.32 Å². The highest BCUT2D eigenvalue weighted by Gasteiger charge is 2.59. The molecule has 2 saturated heterocycles. The molecule has 0 bridgehead atoms. The summed E-state index contributed by atoms with van der Waals surface area (Å²) in [6.07, 6.45) is 6.90. The summed E-state index contributed by atoms with van der Waals surface area (Å²) >= 11 is 0. The van der Waals surface area contributed by atoms with Gasteiger partial charge in [0, 0.05) is 23.7 Å². The molecule has 2 atom stereocenters. The molecule has 25 heavy (non-hydrogen) atoms. The molecule has 3 fully saturated rings. The van der Waals surface area contributed by atoms with E-state index in [4.69, 9.17) is 0 Å². The van der Waals surface area contributed by atoms with E-state index < -0.39 is 0 Å². The zero-order chi connectivity index (χ0) is 16.9. The molecule has 1 spiro atoms. The maximum atomic E-state index is 13.3. The van der Waals surface area contributed by atoms with E-state index in [1.165, 1.54) is 35.9 Å². The van der Waals surface area contributed by atoms with E-state index >= 15 is 0 Å². The van der Waals surface area contributed by atoms with Crippen LogP contribution in [0.1, 0.15) is 50.3 Å². The van der Waals surface area contributed by atoms with Crippen LogP contribution in [0.3, 0.4) is 0 Å². The third-order valence-corrected chi connectivity index (χ3v) is 6.78. The Morgan fingerprint density at radius 2 is 2.00 bits per heavy atom. The van der Waals surface area contributed by atoms with Gasteiger partial charge in [-0.2, -0.15) is 0 Å². The van der Waals surface area contributed by atoms with Gasteiger partial charge >= 0.3 is 0 Å². The monoisotopic (exact) mass is 337 g/mol. The van der Waals surface area contributed by atoms with Gasteiger partial charge in [-0.3, -0.25) is 4.79 Å². The lowest BCUT2D eigenvalue weighted by atomic mass is 9.90. The number of nitrogens with zero attached hydrogens (tertiary/aromatic N) is 1. The minimum absolute atomic E-state index is 0.230. The van der Waals surface area contributed by atoms with E-state index in [0.29, 0.717) is 11.3 Å². The molecule has 132 valence electrons. The molecule has 4 nitrogen and oxygen atoms in total. The second-order valence-corrected chi connectivity index (χ2v) is 8.22. The Labute approximate surface area is 149 Å². The van der Waals surface area contributed by atoms with Crippen LogP contribution in [0, 0.1) is 11.3 Å². The Morgan fingerprint density at radius 3 is 2.84 bits per heavy atom. The molecule has 3 heterocycles. The van der Waals surface area contributed by atoms with Gasteiger partial charge in [0.15, 0.2) is 0 Å². The number of aromatic amines is 1. The van der Waals surface area contributed by atoms with Crippen molar-refractivity contribution in [2.24, 2.45) is 11.3 Å². The average molecular weight is 337 g/mol. The molecule has 1 aromatic heterocycles. The van der Waals surface area contributed by atoms with E-state index in [-0.39, 0.29) is 12.0 Å². The van der Waals surface area contributed by atoms with Crippen LogP contribution in [0.15, 0.2) is 30.3 Å². The summed E-state index contributed by atoms with van der Waals surface area (Å²) in [5.41, 5.74) is 2.72. The van der Waals surface area contributed by atoms with Gasteiger partial charge in [0.05, 0.1) is 6.04 Å². The first-order valence-corrected chi connectivity index (χ1v) is 9.86. The van der Waals surface area contributed by atoms with E-state index in [9.17, 15) is 4.79 Å². The van der Waals surface area contributed by atoms with Crippen molar-refractivity contribution in [1.82, 2.24) is 15.2 Å². The van der Waals surface area contributed by atoms with Gasteiger partial charge in [0.1, 0.15) is 0 Å². The van der Waals surface area contributed by atoms with Gasteiger partial charge in [-0.05, 0) is 74.5 Å². The van der Waals surface area contributed by atoms with Crippen molar-refractivity contribution in [3.63, 3.8) is 0 Å². The predicted octanol–water partition coefficient (Wildman–Crippen LogP) is 3.61. The van der Waals surface area contributed by atoms with Crippen molar-refractivity contribution in [1.29, 1.82) is 0 Å². The standard InChI is InChI=1S/C21H27N3O/c25-20(16-14-21(16)8-10-22-11-9-21)24-12-4-3-7-19(24)18-13-15-5-1-2-6-17(15)23-18/h1-2,5-6,13,16,19,22-23H,3-4,7-12,14H2. The predicted molar refractivity (Wildman–Crippen MR) is 99.2 cm³/mol. The van der Waals surface area contributed by atoms with Crippen LogP contribution in [0.4, 0.5) is 0 Å². The Hall–Kier alpha value is -1.81. The summed E-state index contributed by atoms with van der Waals surface area (Å²) < 4.78 is 0. The molecule has 4 heteroatoms. The summed E-state index contributed by atoms with van der Waals surface area (Å²) in [5.74, 6) is 0.699. The number of rotatable bonds is 2. The fourth-order valence-corrected chi connectivity index (χ4v) is 5.17. The van der Waals surface area contributed by atoms with Crippen LogP contribution in [-0.4, -0.2) is 35.4 Å². The van der Waals surface area contributed by atoms with Crippen molar-refractivity contribution >= 4 is 16.8 Å². The molecule has 3 aliphatic rings. The van der Waals surface area contributed by atoms with Crippen LogP contribution in [-0.2, 0) is 4.79 Å². The smallest absolute Gasteiger partial charge is 0.226 e. The molecule has 1 saturated carbocycles. The molecule has 1 aliphatic carbocycles. The lowest BCUT2D eigenvalue weighted by Crippen LogP contribution is -2.41. The molecule has 2 unspecified atom stereocenters. The van der Waals surface area contributed by atoms with Crippen LogP contribution >= 0.6 is 0 Å². The van der Waals surface area contributed by atoms with Crippen LogP contribution in [0.25, 0.3) is 10.9 Å². The number of para-hydroxylation sites is 1. The van der Waals surface area contributed by atoms with E-state index in [2.05, 4.69) is 45.5 Å². The number of nitrogens with one attached hydrogen (secondary N) is 2. The lowest BCUT2D eigenvalue weighted by molar-refractivity contribution is -0.137. The summed E-state index contributed by atoms with van der Waals surface area (Å²) in [5, 5.41) is 4.69. The number of piperidine rings is 2. The fourth-order valence-electron chi connectivity index (χ4n) is 5.17. The summed E-state index contributed by atoms with van der Waals surface area (Å²) in [6, 6.07) is 10.9. The van der Waals surface area contributed by atoms with Crippen molar-refractivity contribution in [3.8, 4) is 0 Å². The summed E-state index contributed by atoms with van der Waals surface area (Å²) in [7, 11) is 0. The molecular weight excluding hydrogens is 310 g/mol. The average Bonchev–Trinajstić information content (AvgIpc) is 3.16. The zero-order valence-electron chi connectivity index (χ0n) is 14.8. The second kappa shape index (κ2) is 5.87. The van der Waals surface area contributed by atoms with Gasteiger partial charge in [0.2, 0.25) is 5.91 Å². The Kier molecular flexibility index (Phi) is 3.63. The first kappa shape index (κ1) is 15.4. The molecule has 1 aromatic carbocycles. The Bertz CT molecular complexity index is 756. The van der Waals surface area contributed by atoms with Gasteiger partial charge in [-0.25, -0.2) is 0 Å². The number of H-pyrrole nitrogens is 1. The van der Waals surface area contributed by atoms with Gasteiger partial charge in [-0.15, -0.1) is 0 Å². The van der Waals surface area contributed by atoms with Crippen LogP contribution in [0.2, 0.25) is 0 Å². The fraction of sp³-hybridized carbons (Fsp3) is 0.571. The number of fused-ring (bicyclic) bond motifs is 1. The Balaban J connectivity index is 1.40. The number of amides is 1. The minimum atomic E-state index is 0.230. The van der Waals surface area contributed by atoms with Gasteiger partial charge in [-0.1, -0.05) is 18.2 Å². The minimum Gasteiger partial charge on any atom is -0.357 e. The topological polar surface area (TPSA) is 48.1 Å². The van der Waals surface area contributed by atoms with Gasteiger partial charge < -0.3 is 15.2 Å². The van der Waals surface area contributed by atoms with Crippen molar-refractivity contribution < 1.29 is 4.79 Å². The van der Waals surface area contributed by atoms with Crippen molar-refractivity contribution in [2.45, 2.75) is 44.6 Å². The molecule has 2 aliphatic heterocycles. The number of likely N-dealkylation sites (tertiary alicyclic amines) is 1. The van der Waals surface area contributed by atoms with E-state index in [1.54, 1.807) is 0 Å². The highest BCUT2D eigenvalue weighted by Crippen LogP contribution is 2.59. The maximum absolute atomic E-state index is 13.3. The first-order chi connectivity index (χ1) is 12.3. The number of carbonyl (C=O) groups is 1. The molecular formula is C21H27N3O. The maximum Gasteiger partial charge on any atom is 0.226 e. The normalized spacial score (nSPS) is 28.4. The first-order valence-electron chi connectivity index (χ1n) is 9.86. The summed E-state index contributed by atoms with van der Waals surface area (Å²) in [6.45, 7) is 3.08. The molecule has 5 rings (SSSR count). The second-order valence-electron chi connectivity index (χ2n) is 8.22. The van der Waals surface area contributed by atoms with Gasteiger partial charge in [0.25, 0.3) is 0 Å². The number of hydrogen-bond acceptors (Lipinski definition) is 2. The van der Waals surface area contributed by atoms with E-state index in [0.717, 1.165) is 38.9 Å². The number of aromatic nitrogens is 1. The number of hydrogen-bond donors (Lipinski definition) is 2. The number of benzene rings is 1. The molecule has 2 aromatic rings. The third kappa shape index (κ3) is 2.58. The van der Waals surface area contributed by atoms with Crippen molar-refractivity contribution in [2.75, 3.05) is 19.6 Å². The Morgan fingerprint density at radius 1 is 1.16 bits per heavy atom. The molecule has 2 N–H and O–H groups in total. The highest BCUT2D eigenvalue weighted by molar-refractivity contribution is 5.84. The zero-order valence-corrected chi connectivity index (χ0v) is 14.8. The number of carbonyl (C=O) groups excluding carboxylic acids is 1. The largest absolute Gasteiger partial charge is 0.357 e. The van der Waals surface area contributed by atoms with Crippen molar-refractivity contribution in [3.05, 3.63) is 36.0 Å². The quantitative estimate of drug-likeness (QED) is 0.879. The SMILES string of the molecule is O=C(C1CC12CCNCC2)N1CCCCC1c1cc2ccccc2[nH]1. The molecule has 0 radical (unpaired) electrons. The lowest BCUT2D eigenvalue weighted by Gasteiger charge is -2.36. The summed E-state index contributed by atoms with van der Waals surface area (Å²) in [4.78, 5) is 19.1. The highest BCUT2D eigenvalue weighted by atomic mass is 16.2.